The van der Waals surface area contributed by atoms with Gasteiger partial charge in [0.2, 0.25) is 5.91 Å². The van der Waals surface area contributed by atoms with E-state index >= 15 is 0 Å². The summed E-state index contributed by atoms with van der Waals surface area (Å²) < 4.78 is 14.8. The van der Waals surface area contributed by atoms with E-state index in [0.717, 1.165) is 60.7 Å². The molecule has 1 saturated carbocycles. The first-order valence-corrected chi connectivity index (χ1v) is 12.7. The van der Waals surface area contributed by atoms with Gasteiger partial charge < -0.3 is 14.7 Å². The second kappa shape index (κ2) is 11.2. The molecule has 6 heteroatoms. The van der Waals surface area contributed by atoms with E-state index in [1.54, 1.807) is 29.3 Å². The van der Waals surface area contributed by atoms with Crippen molar-refractivity contribution < 1.29 is 20.8 Å². The van der Waals surface area contributed by atoms with Crippen molar-refractivity contribution in [3.05, 3.63) is 83.9 Å². The Labute approximate surface area is 218 Å². The molecule has 1 N–H and O–H groups in total. The Bertz CT molecular complexity index is 1380. The fourth-order valence-corrected chi connectivity index (χ4v) is 4.85. The van der Waals surface area contributed by atoms with Crippen LogP contribution in [0.3, 0.4) is 0 Å². The summed E-state index contributed by atoms with van der Waals surface area (Å²) in [6, 6.07) is 20.7. The highest BCUT2D eigenvalue weighted by atomic mass is 16.5. The minimum atomic E-state index is -1.04. The molecule has 1 aliphatic heterocycles. The van der Waals surface area contributed by atoms with Crippen LogP contribution < -0.4 is 9.64 Å². The van der Waals surface area contributed by atoms with Gasteiger partial charge in [0.15, 0.2) is 0 Å². The van der Waals surface area contributed by atoms with Crippen LogP contribution in [0.2, 0.25) is 0 Å². The van der Waals surface area contributed by atoms with Crippen molar-refractivity contribution in [2.75, 3.05) is 11.5 Å². The summed E-state index contributed by atoms with van der Waals surface area (Å²) in [5.41, 5.74) is 4.72. The van der Waals surface area contributed by atoms with Gasteiger partial charge in [-0.25, -0.2) is 4.79 Å². The molecule has 3 aromatic carbocycles. The second-order valence-electron chi connectivity index (χ2n) is 9.37. The maximum absolute atomic E-state index is 13.8. The van der Waals surface area contributed by atoms with E-state index in [1.165, 1.54) is 6.08 Å². The monoisotopic (exact) mass is 495 g/mol. The first-order chi connectivity index (χ1) is 18.5. The number of amides is 1. The summed E-state index contributed by atoms with van der Waals surface area (Å²) >= 11 is 0. The summed E-state index contributed by atoms with van der Waals surface area (Å²) in [6.07, 6.45) is 9.11. The van der Waals surface area contributed by atoms with Crippen LogP contribution in [0.1, 0.15) is 44.6 Å². The highest BCUT2D eigenvalue weighted by molar-refractivity contribution is 5.95. The highest BCUT2D eigenvalue weighted by Gasteiger charge is 2.27. The Morgan fingerprint density at radius 2 is 1.81 bits per heavy atom. The molecule has 1 heterocycles. The number of carboxylic acids is 1. The second-order valence-corrected chi connectivity index (χ2v) is 9.37. The number of rotatable bonds is 7. The smallest absolute Gasteiger partial charge is 0.328 e. The standard InChI is InChI=1S/C31H30N2O4/c34-30(35)16-11-22-5-4-8-27(19-22)33(31(36)25-6-2-1-3-7-25)21-23-9-12-24(13-10-23)26-14-15-28-29(20-26)37-18-17-32-28/h4-5,8-17,19-20,25H,1-3,6-7,18,21H2,(H,34,35)/b16-11+/i21D. The molecule has 1 atom stereocenters. The van der Waals surface area contributed by atoms with Gasteiger partial charge in [-0.2, -0.15) is 0 Å². The maximum Gasteiger partial charge on any atom is 0.328 e. The van der Waals surface area contributed by atoms with Crippen molar-refractivity contribution in [3.63, 3.8) is 0 Å². The third-order valence-electron chi connectivity index (χ3n) is 6.78. The molecule has 37 heavy (non-hydrogen) atoms. The molecule has 0 saturated heterocycles. The summed E-state index contributed by atoms with van der Waals surface area (Å²) in [5.74, 6) is -0.469. The van der Waals surface area contributed by atoms with Crippen LogP contribution in [0.15, 0.2) is 77.8 Å². The molecule has 0 aromatic heterocycles. The summed E-state index contributed by atoms with van der Waals surface area (Å²) in [7, 11) is 0. The first kappa shape index (κ1) is 23.2. The van der Waals surface area contributed by atoms with Gasteiger partial charge in [-0.05, 0) is 65.4 Å². The molecule has 0 radical (unpaired) electrons. The molecular weight excluding hydrogens is 464 g/mol. The number of fused-ring (bicyclic) bond motifs is 1. The Kier molecular flexibility index (Phi) is 7.06. The number of aliphatic carboxylic acids is 1. The summed E-state index contributed by atoms with van der Waals surface area (Å²) in [6.45, 7) is -0.493. The van der Waals surface area contributed by atoms with E-state index in [9.17, 15) is 9.59 Å². The molecule has 1 amide bonds. The first-order valence-electron chi connectivity index (χ1n) is 13.2. The zero-order valence-corrected chi connectivity index (χ0v) is 20.5. The van der Waals surface area contributed by atoms with E-state index in [0.29, 0.717) is 23.4 Å². The fourth-order valence-electron chi connectivity index (χ4n) is 4.85. The fraction of sp³-hybridized carbons (Fsp3) is 0.258. The minimum absolute atomic E-state index is 0.0551. The minimum Gasteiger partial charge on any atom is -0.486 e. The van der Waals surface area contributed by atoms with Crippen molar-refractivity contribution in [2.45, 2.75) is 38.6 Å². The van der Waals surface area contributed by atoms with Crippen LogP contribution in [-0.2, 0) is 16.1 Å². The van der Waals surface area contributed by atoms with E-state index < -0.39 is 12.5 Å². The van der Waals surface area contributed by atoms with Crippen molar-refractivity contribution in [2.24, 2.45) is 10.9 Å². The normalized spacial score (nSPS) is 16.5. The van der Waals surface area contributed by atoms with E-state index in [2.05, 4.69) is 4.99 Å². The van der Waals surface area contributed by atoms with Gasteiger partial charge in [-0.3, -0.25) is 9.79 Å². The Balaban J connectivity index is 1.45. The number of benzene rings is 3. The lowest BCUT2D eigenvalue weighted by molar-refractivity contribution is -0.131. The molecule has 5 rings (SSSR count). The van der Waals surface area contributed by atoms with Gasteiger partial charge >= 0.3 is 5.97 Å². The van der Waals surface area contributed by atoms with Crippen LogP contribution >= 0.6 is 0 Å². The van der Waals surface area contributed by atoms with Gasteiger partial charge in [0.1, 0.15) is 18.0 Å². The summed E-state index contributed by atoms with van der Waals surface area (Å²) in [4.78, 5) is 30.7. The van der Waals surface area contributed by atoms with Crippen LogP contribution in [0.4, 0.5) is 11.4 Å². The quantitative estimate of drug-likeness (QED) is 0.372. The average molecular weight is 496 g/mol. The van der Waals surface area contributed by atoms with Gasteiger partial charge in [0, 0.05) is 23.9 Å². The molecule has 0 bridgehead atoms. The molecular formula is C31H30N2O4. The predicted octanol–water partition coefficient (Wildman–Crippen LogP) is 6.66. The molecule has 1 fully saturated rings. The third kappa shape index (κ3) is 5.97. The molecule has 1 aliphatic carbocycles. The van der Waals surface area contributed by atoms with Gasteiger partial charge in [0.25, 0.3) is 0 Å². The number of nitrogens with zero attached hydrogens (tertiary/aromatic N) is 2. The molecule has 3 aromatic rings. The average Bonchev–Trinajstić information content (AvgIpc) is 2.96. The topological polar surface area (TPSA) is 79.2 Å². The number of aliphatic imine (C=N–C) groups is 1. The van der Waals surface area contributed by atoms with Crippen LogP contribution in [0.25, 0.3) is 17.2 Å². The van der Waals surface area contributed by atoms with E-state index in [1.807, 2.05) is 48.5 Å². The largest absolute Gasteiger partial charge is 0.486 e. The molecule has 1 unspecified atom stereocenters. The molecule has 6 nitrogen and oxygen atoms in total. The van der Waals surface area contributed by atoms with Gasteiger partial charge in [-0.15, -0.1) is 0 Å². The van der Waals surface area contributed by atoms with Gasteiger partial charge in [-0.1, -0.05) is 61.7 Å². The Hall–Kier alpha value is -4.19. The van der Waals surface area contributed by atoms with Crippen molar-refractivity contribution in [1.82, 2.24) is 0 Å². The third-order valence-corrected chi connectivity index (χ3v) is 6.78. The molecule has 188 valence electrons. The zero-order chi connectivity index (χ0) is 26.5. The van der Waals surface area contributed by atoms with Crippen molar-refractivity contribution in [1.29, 1.82) is 0 Å². The van der Waals surface area contributed by atoms with Crippen LogP contribution in [0, 0.1) is 5.92 Å². The lowest BCUT2D eigenvalue weighted by atomic mass is 9.88. The van der Waals surface area contributed by atoms with Crippen LogP contribution in [0.5, 0.6) is 5.75 Å². The highest BCUT2D eigenvalue weighted by Crippen LogP contribution is 2.35. The number of carboxylic acid groups (broad SMARTS) is 1. The Morgan fingerprint density at radius 3 is 2.59 bits per heavy atom. The number of hydrogen-bond donors (Lipinski definition) is 1. The lowest BCUT2D eigenvalue weighted by Gasteiger charge is -2.30. The number of ether oxygens (including phenoxy) is 1. The lowest BCUT2D eigenvalue weighted by Crippen LogP contribution is -2.36. The Morgan fingerprint density at radius 1 is 1.03 bits per heavy atom. The van der Waals surface area contributed by atoms with Crippen molar-refractivity contribution >= 4 is 35.5 Å². The number of anilines is 1. The predicted molar refractivity (Wildman–Crippen MR) is 146 cm³/mol. The number of carbonyl (C=O) groups is 2. The van der Waals surface area contributed by atoms with Gasteiger partial charge in [0.05, 0.1) is 7.89 Å². The maximum atomic E-state index is 13.8. The zero-order valence-electron chi connectivity index (χ0n) is 21.5. The molecule has 0 spiro atoms. The number of carbonyl (C=O) groups excluding carboxylic acids is 1. The van der Waals surface area contributed by atoms with E-state index in [-0.39, 0.29) is 11.8 Å². The van der Waals surface area contributed by atoms with Crippen molar-refractivity contribution in [3.8, 4) is 16.9 Å². The van der Waals surface area contributed by atoms with Crippen LogP contribution in [-0.4, -0.2) is 29.8 Å². The van der Waals surface area contributed by atoms with E-state index in [4.69, 9.17) is 11.2 Å². The molecule has 2 aliphatic rings. The SMILES string of the molecule is [2H]C(c1ccc(-c2ccc3c(c2)OCC=N3)cc1)N(C(=O)C1CCCCC1)c1cccc(/C=C/C(=O)O)c1. The number of hydrogen-bond acceptors (Lipinski definition) is 4. The summed E-state index contributed by atoms with van der Waals surface area (Å²) in [5, 5.41) is 9.02.